The van der Waals surface area contributed by atoms with Crippen molar-refractivity contribution in [3.05, 3.63) is 36.2 Å². The Bertz CT molecular complexity index is 678. The Morgan fingerprint density at radius 2 is 2.04 bits per heavy atom. The highest BCUT2D eigenvalue weighted by Gasteiger charge is 2.32. The lowest BCUT2D eigenvalue weighted by molar-refractivity contribution is 0.0511. The van der Waals surface area contributed by atoms with Gasteiger partial charge in [0.05, 0.1) is 23.8 Å². The molecule has 0 saturated carbocycles. The number of fused-ring (bicyclic) bond motifs is 1. The predicted octanol–water partition coefficient (Wildman–Crippen LogP) is 1.38. The number of piperidine rings is 1. The van der Waals surface area contributed by atoms with E-state index in [0.717, 1.165) is 37.0 Å². The molecule has 2 aromatic rings. The first kappa shape index (κ1) is 15.8. The number of rotatable bonds is 5. The van der Waals surface area contributed by atoms with E-state index in [2.05, 4.69) is 20.6 Å². The van der Waals surface area contributed by atoms with Crippen molar-refractivity contribution in [2.24, 2.45) is 5.41 Å². The molecule has 0 radical (unpaired) electrons. The number of aromatic nitrogens is 2. The van der Waals surface area contributed by atoms with E-state index in [-0.39, 0.29) is 11.3 Å². The molecule has 6 heteroatoms. The van der Waals surface area contributed by atoms with Crippen LogP contribution in [0, 0.1) is 5.41 Å². The summed E-state index contributed by atoms with van der Waals surface area (Å²) in [6.45, 7) is 3.15. The van der Waals surface area contributed by atoms with Gasteiger partial charge in [0.15, 0.2) is 0 Å². The van der Waals surface area contributed by atoms with Crippen LogP contribution in [0.5, 0.6) is 0 Å². The zero-order valence-electron chi connectivity index (χ0n) is 13.3. The first-order valence-corrected chi connectivity index (χ1v) is 7.92. The zero-order valence-corrected chi connectivity index (χ0v) is 13.3. The molecule has 1 saturated heterocycles. The molecule has 0 unspecified atom stereocenters. The Labute approximate surface area is 135 Å². The van der Waals surface area contributed by atoms with Crippen LogP contribution in [0.1, 0.15) is 23.3 Å². The summed E-state index contributed by atoms with van der Waals surface area (Å²) in [6, 6.07) is 7.54. The van der Waals surface area contributed by atoms with E-state index >= 15 is 0 Å². The van der Waals surface area contributed by atoms with Crippen LogP contribution in [0.4, 0.5) is 0 Å². The molecule has 0 aliphatic carbocycles. The van der Waals surface area contributed by atoms with Crippen LogP contribution in [0.3, 0.4) is 0 Å². The van der Waals surface area contributed by atoms with Gasteiger partial charge in [0.2, 0.25) is 0 Å². The van der Waals surface area contributed by atoms with E-state index in [1.54, 1.807) is 7.11 Å². The summed E-state index contributed by atoms with van der Waals surface area (Å²) >= 11 is 0. The average molecular weight is 314 g/mol. The fraction of sp³-hybridized carbons (Fsp3) is 0.471. The van der Waals surface area contributed by atoms with Crippen LogP contribution in [0.2, 0.25) is 0 Å². The molecule has 0 bridgehead atoms. The van der Waals surface area contributed by atoms with E-state index < -0.39 is 0 Å². The molecule has 2 N–H and O–H groups in total. The second kappa shape index (κ2) is 7.02. The van der Waals surface area contributed by atoms with E-state index in [1.165, 1.54) is 6.20 Å². The predicted molar refractivity (Wildman–Crippen MR) is 88.3 cm³/mol. The van der Waals surface area contributed by atoms with E-state index in [4.69, 9.17) is 4.74 Å². The lowest BCUT2D eigenvalue weighted by atomic mass is 9.79. The molecule has 1 aromatic carbocycles. The number of carbonyl (C=O) groups excluding carboxylic acids is 1. The maximum atomic E-state index is 12.4. The standard InChI is InChI=1S/C17H22N4O2/c1-23-12-17(6-8-18-9-7-17)11-20-16(22)15-10-19-13-4-2-3-5-14(13)21-15/h2-5,10,18H,6-9,11-12H2,1H3,(H,20,22). The van der Waals surface area contributed by atoms with Crippen molar-refractivity contribution in [2.45, 2.75) is 12.8 Å². The first-order chi connectivity index (χ1) is 11.2. The Morgan fingerprint density at radius 1 is 1.30 bits per heavy atom. The van der Waals surface area contributed by atoms with Crippen molar-refractivity contribution in [3.8, 4) is 0 Å². The van der Waals surface area contributed by atoms with Crippen LogP contribution in [0.15, 0.2) is 30.5 Å². The third-order valence-electron chi connectivity index (χ3n) is 4.42. The SMILES string of the molecule is COCC1(CNC(=O)c2cnc3ccccc3n2)CCNCC1. The summed E-state index contributed by atoms with van der Waals surface area (Å²) in [5, 5.41) is 6.36. The van der Waals surface area contributed by atoms with Crippen molar-refractivity contribution in [3.63, 3.8) is 0 Å². The van der Waals surface area contributed by atoms with Gasteiger partial charge < -0.3 is 15.4 Å². The quantitative estimate of drug-likeness (QED) is 0.872. The minimum absolute atomic E-state index is 0.0000626. The number of nitrogens with zero attached hydrogens (tertiary/aromatic N) is 2. The normalized spacial score (nSPS) is 17.1. The van der Waals surface area contributed by atoms with Crippen LogP contribution in [-0.2, 0) is 4.74 Å². The van der Waals surface area contributed by atoms with Gasteiger partial charge in [-0.15, -0.1) is 0 Å². The monoisotopic (exact) mass is 314 g/mol. The maximum Gasteiger partial charge on any atom is 0.271 e. The highest BCUT2D eigenvalue weighted by molar-refractivity contribution is 5.93. The minimum atomic E-state index is -0.183. The minimum Gasteiger partial charge on any atom is -0.384 e. The number of hydrogen-bond donors (Lipinski definition) is 2. The van der Waals surface area contributed by atoms with Gasteiger partial charge in [0.25, 0.3) is 5.91 Å². The van der Waals surface area contributed by atoms with Gasteiger partial charge in [-0.2, -0.15) is 0 Å². The van der Waals surface area contributed by atoms with Gasteiger partial charge in [-0.05, 0) is 38.1 Å². The van der Waals surface area contributed by atoms with Gasteiger partial charge >= 0.3 is 0 Å². The number of para-hydroxylation sites is 2. The number of carbonyl (C=O) groups is 1. The second-order valence-corrected chi connectivity index (χ2v) is 6.11. The molecule has 3 rings (SSSR count). The fourth-order valence-electron chi connectivity index (χ4n) is 3.06. The van der Waals surface area contributed by atoms with Crippen molar-refractivity contribution in [1.82, 2.24) is 20.6 Å². The summed E-state index contributed by atoms with van der Waals surface area (Å²) in [5.41, 5.74) is 1.87. The number of nitrogens with one attached hydrogen (secondary N) is 2. The first-order valence-electron chi connectivity index (χ1n) is 7.92. The molecule has 1 aliphatic heterocycles. The molecule has 1 aliphatic rings. The van der Waals surface area contributed by atoms with Crippen molar-refractivity contribution >= 4 is 16.9 Å². The molecule has 2 heterocycles. The maximum absolute atomic E-state index is 12.4. The van der Waals surface area contributed by atoms with Crippen molar-refractivity contribution in [1.29, 1.82) is 0 Å². The molecule has 1 aromatic heterocycles. The van der Waals surface area contributed by atoms with Crippen LogP contribution >= 0.6 is 0 Å². The summed E-state index contributed by atoms with van der Waals surface area (Å²) in [7, 11) is 1.71. The van der Waals surface area contributed by atoms with Crippen LogP contribution < -0.4 is 10.6 Å². The average Bonchev–Trinajstić information content (AvgIpc) is 2.60. The summed E-state index contributed by atoms with van der Waals surface area (Å²) in [4.78, 5) is 21.1. The summed E-state index contributed by atoms with van der Waals surface area (Å²) in [6.07, 6.45) is 3.51. The molecule has 6 nitrogen and oxygen atoms in total. The number of methoxy groups -OCH3 is 1. The third kappa shape index (κ3) is 3.65. The van der Waals surface area contributed by atoms with Gasteiger partial charge in [-0.1, -0.05) is 12.1 Å². The topological polar surface area (TPSA) is 76.1 Å². The van der Waals surface area contributed by atoms with E-state index in [9.17, 15) is 4.79 Å². The van der Waals surface area contributed by atoms with Gasteiger partial charge in [-0.3, -0.25) is 9.78 Å². The molecular formula is C17H22N4O2. The van der Waals surface area contributed by atoms with Gasteiger partial charge in [-0.25, -0.2) is 4.98 Å². The number of hydrogen-bond acceptors (Lipinski definition) is 5. The summed E-state index contributed by atoms with van der Waals surface area (Å²) < 4.78 is 5.37. The number of ether oxygens (including phenoxy) is 1. The molecule has 0 spiro atoms. The van der Waals surface area contributed by atoms with Gasteiger partial charge in [0.1, 0.15) is 5.69 Å². The van der Waals surface area contributed by atoms with Crippen molar-refractivity contribution < 1.29 is 9.53 Å². The Balaban J connectivity index is 1.69. The van der Waals surface area contributed by atoms with Crippen LogP contribution in [0.25, 0.3) is 11.0 Å². The lowest BCUT2D eigenvalue weighted by Crippen LogP contribution is -2.47. The zero-order chi connectivity index (χ0) is 16.1. The Kier molecular flexibility index (Phi) is 4.83. The molecular weight excluding hydrogens is 292 g/mol. The Morgan fingerprint density at radius 3 is 2.78 bits per heavy atom. The molecule has 1 fully saturated rings. The lowest BCUT2D eigenvalue weighted by Gasteiger charge is -2.37. The second-order valence-electron chi connectivity index (χ2n) is 6.11. The van der Waals surface area contributed by atoms with Crippen LogP contribution in [-0.4, -0.2) is 49.2 Å². The van der Waals surface area contributed by atoms with E-state index in [1.807, 2.05) is 24.3 Å². The van der Waals surface area contributed by atoms with Crippen molar-refractivity contribution in [2.75, 3.05) is 33.4 Å². The Hall–Kier alpha value is -2.05. The number of benzene rings is 1. The highest BCUT2D eigenvalue weighted by Crippen LogP contribution is 2.28. The summed E-state index contributed by atoms with van der Waals surface area (Å²) in [5.74, 6) is -0.183. The van der Waals surface area contributed by atoms with E-state index in [0.29, 0.717) is 18.8 Å². The third-order valence-corrected chi connectivity index (χ3v) is 4.42. The largest absolute Gasteiger partial charge is 0.384 e. The number of amides is 1. The highest BCUT2D eigenvalue weighted by atomic mass is 16.5. The molecule has 1 amide bonds. The smallest absolute Gasteiger partial charge is 0.271 e. The fourth-order valence-corrected chi connectivity index (χ4v) is 3.06. The van der Waals surface area contributed by atoms with Gasteiger partial charge in [0, 0.05) is 19.1 Å². The molecule has 23 heavy (non-hydrogen) atoms. The molecule has 122 valence electrons. The molecule has 0 atom stereocenters.